The summed E-state index contributed by atoms with van der Waals surface area (Å²) in [5.74, 6) is 0.304. The molecule has 1 aliphatic rings. The number of amides is 2. The van der Waals surface area contributed by atoms with Crippen LogP contribution >= 0.6 is 0 Å². The third-order valence-corrected chi connectivity index (χ3v) is 2.45. The summed E-state index contributed by atoms with van der Waals surface area (Å²) in [4.78, 5) is 22.2. The third-order valence-electron chi connectivity index (χ3n) is 2.45. The van der Waals surface area contributed by atoms with Gasteiger partial charge in [-0.15, -0.1) is 10.2 Å². The van der Waals surface area contributed by atoms with Crippen LogP contribution in [0, 0.1) is 0 Å². The van der Waals surface area contributed by atoms with Crippen LogP contribution in [0.25, 0.3) is 0 Å². The van der Waals surface area contributed by atoms with E-state index in [9.17, 15) is 9.59 Å². The first-order valence-corrected chi connectivity index (χ1v) is 5.28. The van der Waals surface area contributed by atoms with Crippen molar-refractivity contribution in [3.63, 3.8) is 0 Å². The molecule has 1 fully saturated rings. The van der Waals surface area contributed by atoms with Gasteiger partial charge in [-0.1, -0.05) is 0 Å². The van der Waals surface area contributed by atoms with Gasteiger partial charge in [0.15, 0.2) is 5.69 Å². The Morgan fingerprint density at radius 2 is 2.29 bits per heavy atom. The Hall–Kier alpha value is -2.18. The van der Waals surface area contributed by atoms with Crippen molar-refractivity contribution in [1.82, 2.24) is 20.8 Å². The lowest BCUT2D eigenvalue weighted by atomic mass is 10.2. The van der Waals surface area contributed by atoms with E-state index in [1.165, 1.54) is 7.05 Å². The van der Waals surface area contributed by atoms with Crippen molar-refractivity contribution in [2.45, 2.75) is 12.5 Å². The van der Waals surface area contributed by atoms with E-state index in [-0.39, 0.29) is 23.6 Å². The molecule has 1 saturated heterocycles. The largest absolute Gasteiger partial charge is 0.364 e. The molecule has 0 radical (unpaired) electrons. The molecule has 0 saturated carbocycles. The zero-order valence-electron chi connectivity index (χ0n) is 9.36. The topological polar surface area (TPSA) is 96.0 Å². The molecule has 0 aromatic carbocycles. The van der Waals surface area contributed by atoms with E-state index in [0.29, 0.717) is 18.8 Å². The molecule has 17 heavy (non-hydrogen) atoms. The van der Waals surface area contributed by atoms with Gasteiger partial charge in [0.2, 0.25) is 5.91 Å². The van der Waals surface area contributed by atoms with Gasteiger partial charge in [0.1, 0.15) is 5.82 Å². The first-order valence-electron chi connectivity index (χ1n) is 5.28. The van der Waals surface area contributed by atoms with Crippen LogP contribution in [-0.2, 0) is 4.79 Å². The number of rotatable bonds is 3. The fourth-order valence-corrected chi connectivity index (χ4v) is 1.57. The number of nitrogens with one attached hydrogen (secondary N) is 3. The average Bonchev–Trinajstić information content (AvgIpc) is 2.75. The van der Waals surface area contributed by atoms with Crippen molar-refractivity contribution in [1.29, 1.82) is 0 Å². The monoisotopic (exact) mass is 235 g/mol. The number of nitrogens with zero attached hydrogens (tertiary/aromatic N) is 2. The van der Waals surface area contributed by atoms with Crippen LogP contribution in [0.5, 0.6) is 0 Å². The highest BCUT2D eigenvalue weighted by Gasteiger charge is 2.21. The fourth-order valence-electron chi connectivity index (χ4n) is 1.57. The first-order chi connectivity index (χ1) is 8.19. The Bertz CT molecular complexity index is 431. The first kappa shape index (κ1) is 11.3. The molecule has 0 bridgehead atoms. The van der Waals surface area contributed by atoms with Gasteiger partial charge >= 0.3 is 0 Å². The van der Waals surface area contributed by atoms with Crippen LogP contribution in [0.2, 0.25) is 0 Å². The minimum atomic E-state index is -0.276. The van der Waals surface area contributed by atoms with Crippen LogP contribution < -0.4 is 16.0 Å². The average molecular weight is 235 g/mol. The van der Waals surface area contributed by atoms with Crippen molar-refractivity contribution in [3.8, 4) is 0 Å². The Balaban J connectivity index is 1.98. The van der Waals surface area contributed by atoms with Gasteiger partial charge in [-0.2, -0.15) is 0 Å². The van der Waals surface area contributed by atoms with E-state index < -0.39 is 0 Å². The minimum Gasteiger partial charge on any atom is -0.364 e. The highest BCUT2D eigenvalue weighted by molar-refractivity contribution is 5.91. The lowest BCUT2D eigenvalue weighted by molar-refractivity contribution is -0.119. The summed E-state index contributed by atoms with van der Waals surface area (Å²) >= 11 is 0. The molecule has 7 heteroatoms. The van der Waals surface area contributed by atoms with Gasteiger partial charge in [0.05, 0.1) is 6.04 Å². The van der Waals surface area contributed by atoms with E-state index in [1.807, 2.05) is 0 Å². The van der Waals surface area contributed by atoms with Crippen molar-refractivity contribution in [3.05, 3.63) is 17.8 Å². The van der Waals surface area contributed by atoms with Gasteiger partial charge in [-0.25, -0.2) is 0 Å². The number of carbonyl (C=O) groups excluding carboxylic acids is 2. The molecule has 0 aliphatic carbocycles. The lowest BCUT2D eigenvalue weighted by Crippen LogP contribution is -2.24. The number of carbonyl (C=O) groups is 2. The van der Waals surface area contributed by atoms with Gasteiger partial charge in [-0.3, -0.25) is 9.59 Å². The summed E-state index contributed by atoms with van der Waals surface area (Å²) in [7, 11) is 1.53. The number of hydrogen-bond acceptors (Lipinski definition) is 5. The van der Waals surface area contributed by atoms with E-state index in [4.69, 9.17) is 0 Å². The fraction of sp³-hybridized carbons (Fsp3) is 0.400. The molecule has 7 nitrogen and oxygen atoms in total. The predicted octanol–water partition coefficient (Wildman–Crippen LogP) is -0.863. The molecule has 1 aromatic rings. The van der Waals surface area contributed by atoms with Crippen molar-refractivity contribution < 1.29 is 9.59 Å². The second-order valence-corrected chi connectivity index (χ2v) is 3.73. The quantitative estimate of drug-likeness (QED) is 0.633. The molecule has 1 aromatic heterocycles. The Morgan fingerprint density at radius 1 is 1.47 bits per heavy atom. The van der Waals surface area contributed by atoms with Gasteiger partial charge in [-0.05, 0) is 12.1 Å². The van der Waals surface area contributed by atoms with E-state index in [1.54, 1.807) is 12.1 Å². The smallest absolute Gasteiger partial charge is 0.271 e. The number of anilines is 1. The van der Waals surface area contributed by atoms with E-state index in [0.717, 1.165) is 0 Å². The van der Waals surface area contributed by atoms with E-state index in [2.05, 4.69) is 26.1 Å². The maximum atomic E-state index is 11.2. The molecule has 2 heterocycles. The number of aromatic nitrogens is 2. The maximum Gasteiger partial charge on any atom is 0.271 e. The van der Waals surface area contributed by atoms with Gasteiger partial charge < -0.3 is 16.0 Å². The summed E-state index contributed by atoms with van der Waals surface area (Å²) in [6.07, 6.45) is 0.429. The molecule has 2 rings (SSSR count). The second-order valence-electron chi connectivity index (χ2n) is 3.73. The van der Waals surface area contributed by atoms with Gasteiger partial charge in [0.25, 0.3) is 5.91 Å². The molecule has 90 valence electrons. The molecular formula is C10H13N5O2. The summed E-state index contributed by atoms with van der Waals surface area (Å²) in [6.45, 7) is 0.581. The lowest BCUT2D eigenvalue weighted by Gasteiger charge is -2.10. The van der Waals surface area contributed by atoms with Crippen molar-refractivity contribution in [2.75, 3.05) is 18.9 Å². The Labute approximate surface area is 98.0 Å². The third kappa shape index (κ3) is 2.68. The summed E-state index contributed by atoms with van der Waals surface area (Å²) in [6, 6.07) is 3.28. The Kier molecular flexibility index (Phi) is 3.17. The summed E-state index contributed by atoms with van der Waals surface area (Å²) in [5.41, 5.74) is 0.263. The Morgan fingerprint density at radius 3 is 2.82 bits per heavy atom. The molecule has 0 spiro atoms. The SMILES string of the molecule is CNC(=O)c1ccc(NC2CNC(=O)C2)nn1. The molecule has 3 N–H and O–H groups in total. The molecule has 2 amide bonds. The zero-order chi connectivity index (χ0) is 12.3. The molecular weight excluding hydrogens is 222 g/mol. The highest BCUT2D eigenvalue weighted by atomic mass is 16.2. The zero-order valence-corrected chi connectivity index (χ0v) is 9.36. The van der Waals surface area contributed by atoms with Crippen molar-refractivity contribution in [2.24, 2.45) is 0 Å². The van der Waals surface area contributed by atoms with Gasteiger partial charge in [0, 0.05) is 20.0 Å². The molecule has 1 atom stereocenters. The van der Waals surface area contributed by atoms with Crippen LogP contribution in [-0.4, -0.2) is 41.6 Å². The van der Waals surface area contributed by atoms with Crippen LogP contribution in [0.15, 0.2) is 12.1 Å². The standard InChI is InChI=1S/C10H13N5O2/c1-11-10(17)7-2-3-8(15-14-7)13-6-4-9(16)12-5-6/h2-3,6H,4-5H2,1H3,(H,11,17)(H,12,16)(H,13,15). The highest BCUT2D eigenvalue weighted by Crippen LogP contribution is 2.08. The number of hydrogen-bond donors (Lipinski definition) is 3. The normalized spacial score (nSPS) is 18.6. The predicted molar refractivity (Wildman–Crippen MR) is 60.5 cm³/mol. The summed E-state index contributed by atoms with van der Waals surface area (Å²) < 4.78 is 0. The van der Waals surface area contributed by atoms with Crippen molar-refractivity contribution >= 4 is 17.6 Å². The maximum absolute atomic E-state index is 11.2. The van der Waals surface area contributed by atoms with Crippen LogP contribution in [0.3, 0.4) is 0 Å². The van der Waals surface area contributed by atoms with Crippen LogP contribution in [0.1, 0.15) is 16.9 Å². The second kappa shape index (κ2) is 4.77. The van der Waals surface area contributed by atoms with E-state index >= 15 is 0 Å². The minimum absolute atomic E-state index is 0.0254. The molecule has 1 aliphatic heterocycles. The van der Waals surface area contributed by atoms with Crippen LogP contribution in [0.4, 0.5) is 5.82 Å². The molecule has 1 unspecified atom stereocenters. The summed E-state index contributed by atoms with van der Waals surface area (Å²) in [5, 5.41) is 15.9.